The lowest BCUT2D eigenvalue weighted by Gasteiger charge is -2.33. The molecular formula is C65H115N2O7+. The zero-order valence-electron chi connectivity index (χ0n) is 48.9. The summed E-state index contributed by atoms with van der Waals surface area (Å²) in [6.07, 6.45) is 64.6. The van der Waals surface area contributed by atoms with Crippen LogP contribution in [-0.4, -0.2) is 81.3 Å². The molecule has 0 aliphatic carbocycles. The molecule has 0 aromatic rings. The minimum Gasteiger partial charge on any atom is -0.463 e. The molecule has 0 radical (unpaired) electrons. The van der Waals surface area contributed by atoms with Crippen molar-refractivity contribution in [2.45, 2.75) is 270 Å². The Morgan fingerprint density at radius 1 is 0.351 bits per heavy atom. The van der Waals surface area contributed by atoms with E-state index in [-0.39, 0.29) is 63.3 Å². The number of quaternary nitrogens is 1. The Morgan fingerprint density at radius 3 is 0.932 bits per heavy atom. The Kier molecular flexibility index (Phi) is 50.1. The highest BCUT2D eigenvalue weighted by molar-refractivity contribution is 5.77. The molecule has 74 heavy (non-hydrogen) atoms. The van der Waals surface area contributed by atoms with Gasteiger partial charge in [0.05, 0.1) is 34.1 Å². The number of nitrogens with zero attached hydrogens (tertiary/aromatic N) is 1. The molecule has 1 amide bonds. The van der Waals surface area contributed by atoms with Gasteiger partial charge in [0.2, 0.25) is 5.91 Å². The first-order chi connectivity index (χ1) is 36.0. The number of nitrogens with one attached hydrogen (secondary N) is 1. The van der Waals surface area contributed by atoms with Crippen molar-refractivity contribution < 1.29 is 37.9 Å². The van der Waals surface area contributed by atoms with Crippen LogP contribution in [0.4, 0.5) is 0 Å². The van der Waals surface area contributed by atoms with Gasteiger partial charge in [-0.05, 0) is 116 Å². The fraction of sp³-hybridized carbons (Fsp3) is 0.754. The molecule has 0 heterocycles. The Labute approximate surface area is 455 Å². The van der Waals surface area contributed by atoms with Crippen LogP contribution in [0.15, 0.2) is 72.9 Å². The van der Waals surface area contributed by atoms with Gasteiger partial charge in [0.25, 0.3) is 0 Å². The van der Waals surface area contributed by atoms with Crippen LogP contribution in [0.25, 0.3) is 0 Å². The van der Waals surface area contributed by atoms with Gasteiger partial charge < -0.3 is 24.0 Å². The molecule has 0 aliphatic heterocycles. The summed E-state index contributed by atoms with van der Waals surface area (Å²) in [5.74, 6) is -1.41. The first-order valence-electron chi connectivity index (χ1n) is 30.4. The molecule has 1 N–H and O–H groups in total. The lowest BCUT2D eigenvalue weighted by atomic mass is 10.0. The molecule has 0 fully saturated rings. The van der Waals surface area contributed by atoms with Crippen molar-refractivity contribution >= 4 is 23.8 Å². The van der Waals surface area contributed by atoms with Crippen LogP contribution in [0.5, 0.6) is 0 Å². The Morgan fingerprint density at radius 2 is 0.622 bits per heavy atom. The zero-order chi connectivity index (χ0) is 54.3. The molecule has 0 aromatic heterocycles. The third kappa shape index (κ3) is 51.8. The average Bonchev–Trinajstić information content (AvgIpc) is 3.37. The third-order valence-electron chi connectivity index (χ3n) is 13.2. The minimum absolute atomic E-state index is 0.213. The fourth-order valence-electron chi connectivity index (χ4n) is 8.42. The molecule has 9 heteroatoms. The van der Waals surface area contributed by atoms with E-state index in [1.807, 2.05) is 0 Å². The summed E-state index contributed by atoms with van der Waals surface area (Å²) >= 11 is 0. The molecule has 0 bridgehead atoms. The van der Waals surface area contributed by atoms with E-state index in [1.54, 1.807) is 0 Å². The number of carbonyl (C=O) groups excluding carboxylic acids is 4. The third-order valence-corrected chi connectivity index (χ3v) is 13.2. The topological polar surface area (TPSA) is 108 Å². The summed E-state index contributed by atoms with van der Waals surface area (Å²) in [5.41, 5.74) is -1.41. The van der Waals surface area contributed by atoms with Gasteiger partial charge in [-0.3, -0.25) is 19.2 Å². The number of carbonyl (C=O) groups is 4. The zero-order valence-corrected chi connectivity index (χ0v) is 48.9. The second kappa shape index (κ2) is 52.7. The van der Waals surface area contributed by atoms with Crippen LogP contribution < -0.4 is 5.32 Å². The number of allylic oxidation sites excluding steroid dienone is 12. The normalized spacial score (nSPS) is 12.5. The smallest absolute Gasteiger partial charge is 0.306 e. The molecule has 0 saturated heterocycles. The van der Waals surface area contributed by atoms with Crippen LogP contribution in [-0.2, 0) is 33.4 Å². The van der Waals surface area contributed by atoms with E-state index in [9.17, 15) is 19.2 Å². The summed E-state index contributed by atoms with van der Waals surface area (Å²) in [5, 5.41) is 3.06. The standard InChI is InChI=1S/C65H114N2O7/c1-7-10-13-16-19-22-25-28-31-34-37-40-43-46-49-53-61(68)66-65(60-74-64(71)56-52-57-67(4,5)6,58-72-62(69)54-50-47-44-41-38-35-32-29-26-23-20-17-14-11-8-2)59-73-63(70)55-51-48-45-42-39-36-33-30-27-24-21-18-15-12-9-3/h19-24,28-33H,7-18,25-27,34-60H2,1-6H3/p+1/b22-19-,23-20-,24-21-,31-28-,32-29-,33-30-. The number of ether oxygens (including phenoxy) is 3. The summed E-state index contributed by atoms with van der Waals surface area (Å²) in [6, 6.07) is 0. The monoisotopic (exact) mass is 1040 g/mol. The Bertz CT molecular complexity index is 1460. The minimum atomic E-state index is -1.41. The molecule has 0 aliphatic rings. The van der Waals surface area contributed by atoms with E-state index in [0.29, 0.717) is 25.7 Å². The van der Waals surface area contributed by atoms with E-state index in [2.05, 4.69) is 120 Å². The van der Waals surface area contributed by atoms with Gasteiger partial charge in [0, 0.05) is 25.7 Å². The average molecular weight is 1040 g/mol. The predicted molar refractivity (Wildman–Crippen MR) is 314 cm³/mol. The number of unbranched alkanes of at least 4 members (excludes halogenated alkanes) is 24. The van der Waals surface area contributed by atoms with Gasteiger partial charge >= 0.3 is 17.9 Å². The van der Waals surface area contributed by atoms with Crippen molar-refractivity contribution in [2.24, 2.45) is 0 Å². The van der Waals surface area contributed by atoms with Crippen LogP contribution in [0, 0.1) is 0 Å². The van der Waals surface area contributed by atoms with E-state index in [1.165, 1.54) is 77.0 Å². The van der Waals surface area contributed by atoms with Crippen LogP contribution in [0.1, 0.15) is 265 Å². The lowest BCUT2D eigenvalue weighted by molar-refractivity contribution is -0.870. The maximum Gasteiger partial charge on any atom is 0.306 e. The number of hydrogen-bond acceptors (Lipinski definition) is 7. The number of rotatable bonds is 53. The first kappa shape index (κ1) is 70.3. The van der Waals surface area contributed by atoms with Crippen LogP contribution in [0.3, 0.4) is 0 Å². The molecule has 0 unspecified atom stereocenters. The highest BCUT2D eigenvalue weighted by atomic mass is 16.6. The molecule has 0 aromatic carbocycles. The van der Waals surface area contributed by atoms with E-state index in [4.69, 9.17) is 14.2 Å². The van der Waals surface area contributed by atoms with E-state index < -0.39 is 11.5 Å². The van der Waals surface area contributed by atoms with Crippen molar-refractivity contribution in [3.05, 3.63) is 72.9 Å². The predicted octanol–water partition coefficient (Wildman–Crippen LogP) is 17.4. The van der Waals surface area contributed by atoms with Gasteiger partial charge in [-0.25, -0.2) is 0 Å². The molecule has 0 spiro atoms. The van der Waals surface area contributed by atoms with Crippen molar-refractivity contribution in [2.75, 3.05) is 47.5 Å². The van der Waals surface area contributed by atoms with Crippen LogP contribution in [0.2, 0.25) is 0 Å². The van der Waals surface area contributed by atoms with E-state index in [0.717, 1.165) is 127 Å². The largest absolute Gasteiger partial charge is 0.463 e. The molecule has 9 nitrogen and oxygen atoms in total. The summed E-state index contributed by atoms with van der Waals surface area (Å²) < 4.78 is 18.3. The lowest BCUT2D eigenvalue weighted by Crippen LogP contribution is -2.59. The summed E-state index contributed by atoms with van der Waals surface area (Å²) in [6.45, 7) is 6.71. The number of esters is 3. The second-order valence-electron chi connectivity index (χ2n) is 21.9. The molecular weight excluding hydrogens is 921 g/mol. The van der Waals surface area contributed by atoms with Crippen molar-refractivity contribution in [1.29, 1.82) is 0 Å². The fourth-order valence-corrected chi connectivity index (χ4v) is 8.42. The SMILES string of the molecule is CCCCC/C=C\C/C=C\CCCCCCCC(=O)NC(COC(=O)CCCCCCC/C=C\C/C=C\CCCCC)(COC(=O)CCCCCCC/C=C\C/C=C\CCCCC)COC(=O)CCC[N+](C)(C)C. The van der Waals surface area contributed by atoms with Crippen molar-refractivity contribution in [1.82, 2.24) is 5.32 Å². The molecule has 0 saturated carbocycles. The number of amides is 1. The van der Waals surface area contributed by atoms with Crippen molar-refractivity contribution in [3.8, 4) is 0 Å². The van der Waals surface area contributed by atoms with Gasteiger partial charge in [0.15, 0.2) is 0 Å². The first-order valence-corrected chi connectivity index (χ1v) is 30.4. The Balaban J connectivity index is 5.43. The number of hydrogen-bond donors (Lipinski definition) is 1. The molecule has 0 rings (SSSR count). The Hall–Kier alpha value is -3.72. The maximum atomic E-state index is 13.7. The van der Waals surface area contributed by atoms with Crippen molar-refractivity contribution in [3.63, 3.8) is 0 Å². The second-order valence-corrected chi connectivity index (χ2v) is 21.9. The highest BCUT2D eigenvalue weighted by Crippen LogP contribution is 2.17. The van der Waals surface area contributed by atoms with Gasteiger partial charge in [0.1, 0.15) is 25.4 Å². The van der Waals surface area contributed by atoms with Crippen LogP contribution >= 0.6 is 0 Å². The van der Waals surface area contributed by atoms with Gasteiger partial charge in [-0.2, -0.15) is 0 Å². The summed E-state index contributed by atoms with van der Waals surface area (Å²) in [7, 11) is 6.23. The van der Waals surface area contributed by atoms with E-state index >= 15 is 0 Å². The van der Waals surface area contributed by atoms with Gasteiger partial charge in [-0.1, -0.05) is 190 Å². The van der Waals surface area contributed by atoms with Gasteiger partial charge in [-0.15, -0.1) is 0 Å². The highest BCUT2D eigenvalue weighted by Gasteiger charge is 2.37. The molecule has 426 valence electrons. The molecule has 0 atom stereocenters. The quantitative estimate of drug-likeness (QED) is 0.0213. The maximum absolute atomic E-state index is 13.7. The summed E-state index contributed by atoms with van der Waals surface area (Å²) in [4.78, 5) is 53.3.